The van der Waals surface area contributed by atoms with Crippen LogP contribution in [0.25, 0.3) is 0 Å². The standard InChI is InChI=1S/C13H20ClN3/c1-3-11-12(14)15-8-16-13(11)17-10-6-4-9(2)5-7-10/h8-10H,3-7H2,1-2H3,(H,15,16,17). The molecule has 0 bridgehead atoms. The lowest BCUT2D eigenvalue weighted by Crippen LogP contribution is -2.26. The van der Waals surface area contributed by atoms with E-state index in [2.05, 4.69) is 29.1 Å². The Morgan fingerprint density at radius 1 is 1.29 bits per heavy atom. The van der Waals surface area contributed by atoms with Crippen molar-refractivity contribution in [1.82, 2.24) is 9.97 Å². The summed E-state index contributed by atoms with van der Waals surface area (Å²) in [5, 5.41) is 4.10. The molecule has 3 nitrogen and oxygen atoms in total. The molecule has 0 amide bonds. The van der Waals surface area contributed by atoms with Gasteiger partial charge in [-0.05, 0) is 38.0 Å². The molecule has 94 valence electrons. The second-order valence-electron chi connectivity index (χ2n) is 4.95. The molecular formula is C13H20ClN3. The molecule has 1 aromatic heterocycles. The van der Waals surface area contributed by atoms with Crippen LogP contribution in [0.15, 0.2) is 6.33 Å². The fourth-order valence-corrected chi connectivity index (χ4v) is 2.69. The van der Waals surface area contributed by atoms with Crippen LogP contribution >= 0.6 is 11.6 Å². The molecule has 0 aromatic carbocycles. The molecule has 17 heavy (non-hydrogen) atoms. The first-order valence-corrected chi connectivity index (χ1v) is 6.84. The number of rotatable bonds is 3. The Morgan fingerprint density at radius 3 is 2.65 bits per heavy atom. The number of halogens is 1. The van der Waals surface area contributed by atoms with E-state index in [1.807, 2.05) is 0 Å². The van der Waals surface area contributed by atoms with Crippen LogP contribution < -0.4 is 5.32 Å². The van der Waals surface area contributed by atoms with Gasteiger partial charge in [0.15, 0.2) is 0 Å². The van der Waals surface area contributed by atoms with E-state index >= 15 is 0 Å². The van der Waals surface area contributed by atoms with Gasteiger partial charge in [0, 0.05) is 11.6 Å². The van der Waals surface area contributed by atoms with Crippen LogP contribution in [0.5, 0.6) is 0 Å². The van der Waals surface area contributed by atoms with Gasteiger partial charge in [0.25, 0.3) is 0 Å². The summed E-state index contributed by atoms with van der Waals surface area (Å²) in [5.41, 5.74) is 1.03. The van der Waals surface area contributed by atoms with Crippen molar-refractivity contribution in [2.45, 2.75) is 52.0 Å². The van der Waals surface area contributed by atoms with Gasteiger partial charge in [-0.15, -0.1) is 0 Å². The van der Waals surface area contributed by atoms with Crippen LogP contribution in [0, 0.1) is 5.92 Å². The van der Waals surface area contributed by atoms with E-state index in [4.69, 9.17) is 11.6 Å². The first kappa shape index (κ1) is 12.6. The van der Waals surface area contributed by atoms with Crippen LogP contribution in [-0.2, 0) is 6.42 Å². The quantitative estimate of drug-likeness (QED) is 0.835. The lowest BCUT2D eigenvalue weighted by molar-refractivity contribution is 0.360. The van der Waals surface area contributed by atoms with Crippen LogP contribution in [-0.4, -0.2) is 16.0 Å². The lowest BCUT2D eigenvalue weighted by atomic mass is 9.87. The van der Waals surface area contributed by atoms with Gasteiger partial charge in [0.1, 0.15) is 17.3 Å². The molecule has 0 aliphatic heterocycles. The summed E-state index contributed by atoms with van der Waals surface area (Å²) in [7, 11) is 0. The third-order valence-electron chi connectivity index (χ3n) is 3.60. The van der Waals surface area contributed by atoms with Gasteiger partial charge in [0.05, 0.1) is 0 Å². The summed E-state index contributed by atoms with van der Waals surface area (Å²) in [5.74, 6) is 1.79. The molecule has 0 spiro atoms. The molecule has 1 aliphatic carbocycles. The Morgan fingerprint density at radius 2 is 2.00 bits per heavy atom. The highest BCUT2D eigenvalue weighted by Gasteiger charge is 2.19. The molecule has 1 aliphatic rings. The Kier molecular flexibility index (Phi) is 4.21. The van der Waals surface area contributed by atoms with Crippen molar-refractivity contribution >= 4 is 17.4 Å². The molecule has 1 fully saturated rings. The Labute approximate surface area is 108 Å². The zero-order valence-corrected chi connectivity index (χ0v) is 11.3. The van der Waals surface area contributed by atoms with E-state index in [-0.39, 0.29) is 0 Å². The molecule has 0 unspecified atom stereocenters. The van der Waals surface area contributed by atoms with Crippen molar-refractivity contribution in [1.29, 1.82) is 0 Å². The number of aromatic nitrogens is 2. The fourth-order valence-electron chi connectivity index (χ4n) is 2.43. The summed E-state index contributed by atoms with van der Waals surface area (Å²) >= 11 is 6.08. The van der Waals surface area contributed by atoms with Gasteiger partial charge in [-0.2, -0.15) is 0 Å². The molecule has 1 N–H and O–H groups in total. The topological polar surface area (TPSA) is 37.8 Å². The summed E-state index contributed by atoms with van der Waals surface area (Å²) in [6.45, 7) is 4.41. The van der Waals surface area contributed by atoms with E-state index in [0.717, 1.165) is 23.7 Å². The zero-order chi connectivity index (χ0) is 12.3. The van der Waals surface area contributed by atoms with E-state index in [1.165, 1.54) is 32.0 Å². The monoisotopic (exact) mass is 253 g/mol. The molecule has 2 rings (SSSR count). The second kappa shape index (κ2) is 5.67. The molecule has 1 aromatic rings. The molecule has 0 atom stereocenters. The fraction of sp³-hybridized carbons (Fsp3) is 0.692. The number of anilines is 1. The minimum atomic E-state index is 0.544. The number of nitrogens with one attached hydrogen (secondary N) is 1. The minimum Gasteiger partial charge on any atom is -0.367 e. The summed E-state index contributed by atoms with van der Waals surface area (Å²) < 4.78 is 0. The Hall–Kier alpha value is -0.830. The number of hydrogen-bond acceptors (Lipinski definition) is 3. The van der Waals surface area contributed by atoms with Crippen LogP contribution in [0.1, 0.15) is 45.1 Å². The highest BCUT2D eigenvalue weighted by Crippen LogP contribution is 2.27. The van der Waals surface area contributed by atoms with Gasteiger partial charge >= 0.3 is 0 Å². The predicted octanol–water partition coefficient (Wildman–Crippen LogP) is 3.68. The van der Waals surface area contributed by atoms with E-state index in [0.29, 0.717) is 11.2 Å². The van der Waals surface area contributed by atoms with Crippen molar-refractivity contribution in [3.8, 4) is 0 Å². The lowest BCUT2D eigenvalue weighted by Gasteiger charge is -2.28. The van der Waals surface area contributed by atoms with Crippen LogP contribution in [0.4, 0.5) is 5.82 Å². The van der Waals surface area contributed by atoms with Crippen molar-refractivity contribution in [3.63, 3.8) is 0 Å². The molecule has 1 saturated carbocycles. The largest absolute Gasteiger partial charge is 0.367 e. The van der Waals surface area contributed by atoms with Crippen LogP contribution in [0.3, 0.4) is 0 Å². The maximum atomic E-state index is 6.08. The molecule has 0 saturated heterocycles. The van der Waals surface area contributed by atoms with Gasteiger partial charge in [-0.25, -0.2) is 9.97 Å². The highest BCUT2D eigenvalue weighted by molar-refractivity contribution is 6.30. The third kappa shape index (κ3) is 3.09. The summed E-state index contributed by atoms with van der Waals surface area (Å²) in [6.07, 6.45) is 7.47. The van der Waals surface area contributed by atoms with Crippen molar-refractivity contribution < 1.29 is 0 Å². The zero-order valence-electron chi connectivity index (χ0n) is 10.5. The third-order valence-corrected chi connectivity index (χ3v) is 3.93. The van der Waals surface area contributed by atoms with Gasteiger partial charge in [-0.1, -0.05) is 25.4 Å². The summed E-state index contributed by atoms with van der Waals surface area (Å²) in [4.78, 5) is 8.35. The van der Waals surface area contributed by atoms with Crippen LogP contribution in [0.2, 0.25) is 5.15 Å². The van der Waals surface area contributed by atoms with Crippen molar-refractivity contribution in [2.75, 3.05) is 5.32 Å². The molecule has 1 heterocycles. The predicted molar refractivity (Wildman–Crippen MR) is 71.5 cm³/mol. The number of hydrogen-bond donors (Lipinski definition) is 1. The van der Waals surface area contributed by atoms with Crippen molar-refractivity contribution in [2.24, 2.45) is 5.92 Å². The minimum absolute atomic E-state index is 0.544. The normalized spacial score (nSPS) is 24.6. The molecule has 4 heteroatoms. The van der Waals surface area contributed by atoms with Crippen molar-refractivity contribution in [3.05, 3.63) is 17.0 Å². The van der Waals surface area contributed by atoms with Gasteiger partial charge in [0.2, 0.25) is 0 Å². The maximum Gasteiger partial charge on any atom is 0.137 e. The SMILES string of the molecule is CCc1c(Cl)ncnc1NC1CCC(C)CC1. The van der Waals surface area contributed by atoms with E-state index in [1.54, 1.807) is 0 Å². The first-order valence-electron chi connectivity index (χ1n) is 6.46. The highest BCUT2D eigenvalue weighted by atomic mass is 35.5. The second-order valence-corrected chi connectivity index (χ2v) is 5.30. The first-order chi connectivity index (χ1) is 8.20. The van der Waals surface area contributed by atoms with E-state index in [9.17, 15) is 0 Å². The van der Waals surface area contributed by atoms with Gasteiger partial charge in [-0.3, -0.25) is 0 Å². The summed E-state index contributed by atoms with van der Waals surface area (Å²) in [6, 6.07) is 0.544. The smallest absolute Gasteiger partial charge is 0.137 e. The van der Waals surface area contributed by atoms with Gasteiger partial charge < -0.3 is 5.32 Å². The number of nitrogens with zero attached hydrogens (tertiary/aromatic N) is 2. The molecule has 0 radical (unpaired) electrons. The Bertz CT molecular complexity index is 373. The average molecular weight is 254 g/mol. The average Bonchev–Trinajstić information content (AvgIpc) is 2.32. The molecular weight excluding hydrogens is 234 g/mol. The maximum absolute atomic E-state index is 6.08. The Balaban J connectivity index is 2.05. The van der Waals surface area contributed by atoms with E-state index < -0.39 is 0 Å².